The molecule has 0 aliphatic carbocycles. The first kappa shape index (κ1) is 20.1. The number of benzene rings is 2. The molecule has 2 rings (SSSR count). The lowest BCUT2D eigenvalue weighted by Gasteiger charge is -2.14. The Morgan fingerprint density at radius 1 is 1.15 bits per heavy atom. The topological polar surface area (TPSA) is 50.4 Å². The van der Waals surface area contributed by atoms with E-state index in [4.69, 9.17) is 16.3 Å². The molecule has 0 spiro atoms. The van der Waals surface area contributed by atoms with Gasteiger partial charge in [-0.15, -0.1) is 0 Å². The van der Waals surface area contributed by atoms with Crippen LogP contribution in [0, 0.1) is 0 Å². The van der Waals surface area contributed by atoms with Crippen LogP contribution in [-0.2, 0) is 17.5 Å². The van der Waals surface area contributed by atoms with Crippen LogP contribution in [0.4, 0.5) is 18.9 Å². The number of methoxy groups -OCH3 is 1. The number of hydrogen-bond acceptors (Lipinski definition) is 3. The first-order valence-corrected chi connectivity index (χ1v) is 8.17. The molecule has 0 aromatic heterocycles. The highest BCUT2D eigenvalue weighted by Gasteiger charge is 2.34. The fourth-order valence-electron chi connectivity index (χ4n) is 2.25. The van der Waals surface area contributed by atoms with Crippen molar-refractivity contribution >= 4 is 23.2 Å². The van der Waals surface area contributed by atoms with E-state index >= 15 is 0 Å². The van der Waals surface area contributed by atoms with Crippen molar-refractivity contribution in [2.75, 3.05) is 19.0 Å². The quantitative estimate of drug-likeness (QED) is 0.689. The zero-order valence-corrected chi connectivity index (χ0v) is 14.7. The van der Waals surface area contributed by atoms with E-state index in [9.17, 15) is 18.0 Å². The molecule has 1 amide bonds. The van der Waals surface area contributed by atoms with Gasteiger partial charge in [0.15, 0.2) is 0 Å². The third kappa shape index (κ3) is 5.93. The number of anilines is 1. The highest BCUT2D eigenvalue weighted by Crippen LogP contribution is 2.36. The molecule has 2 aromatic rings. The number of hydrogen-bond donors (Lipinski definition) is 2. The van der Waals surface area contributed by atoms with E-state index < -0.39 is 17.6 Å². The lowest BCUT2D eigenvalue weighted by Crippen LogP contribution is -2.22. The van der Waals surface area contributed by atoms with Gasteiger partial charge in [0.2, 0.25) is 5.91 Å². The van der Waals surface area contributed by atoms with Gasteiger partial charge in [0, 0.05) is 24.5 Å². The van der Waals surface area contributed by atoms with Gasteiger partial charge in [0.05, 0.1) is 18.4 Å². The maximum atomic E-state index is 13.0. The van der Waals surface area contributed by atoms with Crippen LogP contribution in [0.5, 0.6) is 5.75 Å². The molecular weight excluding hydrogens is 369 g/mol. The Balaban J connectivity index is 1.83. The van der Waals surface area contributed by atoms with Crippen LogP contribution in [0.3, 0.4) is 0 Å². The van der Waals surface area contributed by atoms with E-state index in [0.717, 1.165) is 23.4 Å². The summed E-state index contributed by atoms with van der Waals surface area (Å²) in [4.78, 5) is 11.9. The Hall–Kier alpha value is -2.25. The summed E-state index contributed by atoms with van der Waals surface area (Å²) < 4.78 is 44.0. The SMILES string of the molecule is COc1ccc(CNCCC(=O)Nc2ccc(Cl)cc2C(F)(F)F)cc1. The minimum atomic E-state index is -4.60. The van der Waals surface area contributed by atoms with Gasteiger partial charge in [-0.25, -0.2) is 0 Å². The molecule has 2 aromatic carbocycles. The second-order valence-electron chi connectivity index (χ2n) is 5.51. The van der Waals surface area contributed by atoms with Crippen LogP contribution in [0.1, 0.15) is 17.5 Å². The van der Waals surface area contributed by atoms with Crippen LogP contribution in [-0.4, -0.2) is 19.6 Å². The van der Waals surface area contributed by atoms with Crippen molar-refractivity contribution in [1.29, 1.82) is 0 Å². The smallest absolute Gasteiger partial charge is 0.418 e. The highest BCUT2D eigenvalue weighted by atomic mass is 35.5. The molecular formula is C18H18ClF3N2O2. The average Bonchev–Trinajstić information content (AvgIpc) is 2.60. The second-order valence-corrected chi connectivity index (χ2v) is 5.95. The van der Waals surface area contributed by atoms with Gasteiger partial charge in [-0.2, -0.15) is 13.2 Å². The Kier molecular flexibility index (Phi) is 6.88. The Bertz CT molecular complexity index is 749. The number of amides is 1. The second kappa shape index (κ2) is 8.91. The Labute approximate surface area is 154 Å². The van der Waals surface area contributed by atoms with Crippen LogP contribution < -0.4 is 15.4 Å². The molecule has 4 nitrogen and oxygen atoms in total. The van der Waals surface area contributed by atoms with E-state index in [0.29, 0.717) is 13.1 Å². The number of rotatable bonds is 7. The monoisotopic (exact) mass is 386 g/mol. The summed E-state index contributed by atoms with van der Waals surface area (Å²) in [5.74, 6) is 0.233. The molecule has 0 bridgehead atoms. The van der Waals surface area contributed by atoms with Crippen LogP contribution in [0.15, 0.2) is 42.5 Å². The third-order valence-corrected chi connectivity index (χ3v) is 3.81. The zero-order valence-electron chi connectivity index (χ0n) is 14.0. The number of carbonyl (C=O) groups is 1. The molecule has 0 saturated carbocycles. The maximum absolute atomic E-state index is 13.0. The molecule has 140 valence electrons. The summed E-state index contributed by atoms with van der Waals surface area (Å²) in [6, 6.07) is 10.7. The standard InChI is InChI=1S/C18H18ClF3N2O2/c1-26-14-5-2-12(3-6-14)11-23-9-8-17(25)24-16-7-4-13(19)10-15(16)18(20,21)22/h2-7,10,23H,8-9,11H2,1H3,(H,24,25). The molecule has 26 heavy (non-hydrogen) atoms. The summed E-state index contributed by atoms with van der Waals surface area (Å²) in [5, 5.41) is 5.30. The predicted molar refractivity (Wildman–Crippen MR) is 94.4 cm³/mol. The molecule has 0 heterocycles. The molecule has 0 atom stereocenters. The molecule has 2 N–H and O–H groups in total. The predicted octanol–water partition coefficient (Wildman–Crippen LogP) is 4.49. The molecule has 8 heteroatoms. The van der Waals surface area contributed by atoms with Crippen LogP contribution in [0.2, 0.25) is 5.02 Å². The fraction of sp³-hybridized carbons (Fsp3) is 0.278. The highest BCUT2D eigenvalue weighted by molar-refractivity contribution is 6.30. The number of carbonyl (C=O) groups excluding carboxylic acids is 1. The van der Waals surface area contributed by atoms with Crippen molar-refractivity contribution in [2.45, 2.75) is 19.1 Å². The Morgan fingerprint density at radius 2 is 1.85 bits per heavy atom. The van der Waals surface area contributed by atoms with Gasteiger partial charge < -0.3 is 15.4 Å². The molecule has 0 aliphatic rings. The minimum absolute atomic E-state index is 0.0378. The van der Waals surface area contributed by atoms with Crippen LogP contribution >= 0.6 is 11.6 Å². The molecule has 0 saturated heterocycles. The maximum Gasteiger partial charge on any atom is 0.418 e. The summed E-state index contributed by atoms with van der Waals surface area (Å²) in [5.41, 5.74) is -0.269. The van der Waals surface area contributed by atoms with Crippen molar-refractivity contribution in [3.8, 4) is 5.75 Å². The van der Waals surface area contributed by atoms with Gasteiger partial charge >= 0.3 is 6.18 Å². The molecule has 0 fully saturated rings. The first-order chi connectivity index (χ1) is 12.3. The lowest BCUT2D eigenvalue weighted by atomic mass is 10.1. The summed E-state index contributed by atoms with van der Waals surface area (Å²) in [6.07, 6.45) is -4.56. The van der Waals surface area contributed by atoms with Gasteiger partial charge in [-0.05, 0) is 35.9 Å². The summed E-state index contributed by atoms with van der Waals surface area (Å²) >= 11 is 5.61. The number of nitrogens with one attached hydrogen (secondary N) is 2. The number of alkyl halides is 3. The minimum Gasteiger partial charge on any atom is -0.497 e. The van der Waals surface area contributed by atoms with E-state index in [-0.39, 0.29) is 17.1 Å². The third-order valence-electron chi connectivity index (χ3n) is 3.58. The first-order valence-electron chi connectivity index (χ1n) is 7.80. The van der Waals surface area contributed by atoms with Gasteiger partial charge in [-0.3, -0.25) is 4.79 Å². The summed E-state index contributed by atoms with van der Waals surface area (Å²) in [6.45, 7) is 0.860. The van der Waals surface area contributed by atoms with Crippen molar-refractivity contribution < 1.29 is 22.7 Å². The van der Waals surface area contributed by atoms with Crippen molar-refractivity contribution in [3.05, 3.63) is 58.6 Å². The fourth-order valence-corrected chi connectivity index (χ4v) is 2.42. The molecule has 0 unspecified atom stereocenters. The average molecular weight is 387 g/mol. The van der Waals surface area contributed by atoms with Gasteiger partial charge in [0.1, 0.15) is 5.75 Å². The molecule has 0 aliphatic heterocycles. The molecule has 0 radical (unpaired) electrons. The Morgan fingerprint density at radius 3 is 2.46 bits per heavy atom. The van der Waals surface area contributed by atoms with E-state index in [1.165, 1.54) is 6.07 Å². The van der Waals surface area contributed by atoms with E-state index in [1.54, 1.807) is 7.11 Å². The largest absolute Gasteiger partial charge is 0.497 e. The lowest BCUT2D eigenvalue weighted by molar-refractivity contribution is -0.137. The number of halogens is 4. The van der Waals surface area contributed by atoms with Crippen molar-refractivity contribution in [3.63, 3.8) is 0 Å². The number of ether oxygens (including phenoxy) is 1. The summed E-state index contributed by atoms with van der Waals surface area (Å²) in [7, 11) is 1.58. The van der Waals surface area contributed by atoms with E-state index in [1.807, 2.05) is 24.3 Å². The van der Waals surface area contributed by atoms with Crippen molar-refractivity contribution in [2.24, 2.45) is 0 Å². The van der Waals surface area contributed by atoms with Crippen LogP contribution in [0.25, 0.3) is 0 Å². The van der Waals surface area contributed by atoms with Gasteiger partial charge in [-0.1, -0.05) is 23.7 Å². The van der Waals surface area contributed by atoms with E-state index in [2.05, 4.69) is 10.6 Å². The van der Waals surface area contributed by atoms with Gasteiger partial charge in [0.25, 0.3) is 0 Å². The normalized spacial score (nSPS) is 11.3. The van der Waals surface area contributed by atoms with Crippen molar-refractivity contribution in [1.82, 2.24) is 5.32 Å². The zero-order chi connectivity index (χ0) is 19.2.